The molecule has 17 heavy (non-hydrogen) atoms. The van der Waals surface area contributed by atoms with Crippen molar-refractivity contribution in [3.63, 3.8) is 0 Å². The average Bonchev–Trinajstić information content (AvgIpc) is 2.64. The standard InChI is InChI=1S/C13H11BO3/c1-8-2-4-10-11-7-9(14(15)16)3-5-12(11)17-13(10)6-8/h2-7,15-16H,1H3. The van der Waals surface area contributed by atoms with Gasteiger partial charge in [0.25, 0.3) is 0 Å². The minimum atomic E-state index is -1.45. The van der Waals surface area contributed by atoms with Crippen LogP contribution >= 0.6 is 0 Å². The Morgan fingerprint density at radius 3 is 2.53 bits per heavy atom. The number of rotatable bonds is 1. The molecule has 2 N–H and O–H groups in total. The summed E-state index contributed by atoms with van der Waals surface area (Å²) in [5, 5.41) is 20.2. The summed E-state index contributed by atoms with van der Waals surface area (Å²) in [7, 11) is -1.45. The van der Waals surface area contributed by atoms with E-state index < -0.39 is 7.12 Å². The van der Waals surface area contributed by atoms with Crippen molar-refractivity contribution in [3.8, 4) is 0 Å². The molecule has 0 aliphatic carbocycles. The molecule has 4 heteroatoms. The van der Waals surface area contributed by atoms with Crippen LogP contribution in [-0.4, -0.2) is 17.2 Å². The minimum Gasteiger partial charge on any atom is -0.456 e. The molecular weight excluding hydrogens is 215 g/mol. The zero-order valence-electron chi connectivity index (χ0n) is 9.34. The molecule has 0 atom stereocenters. The maximum absolute atomic E-state index is 9.16. The van der Waals surface area contributed by atoms with E-state index in [1.54, 1.807) is 18.2 Å². The van der Waals surface area contributed by atoms with Gasteiger partial charge in [0.1, 0.15) is 11.2 Å². The lowest BCUT2D eigenvalue weighted by molar-refractivity contribution is 0.426. The predicted octanol–water partition coefficient (Wildman–Crippen LogP) is 1.57. The number of hydrogen-bond acceptors (Lipinski definition) is 3. The molecule has 0 fully saturated rings. The number of furan rings is 1. The fraction of sp³-hybridized carbons (Fsp3) is 0.0769. The van der Waals surface area contributed by atoms with Gasteiger partial charge in [-0.3, -0.25) is 0 Å². The number of hydrogen-bond donors (Lipinski definition) is 2. The largest absolute Gasteiger partial charge is 0.488 e. The molecule has 0 aliphatic heterocycles. The van der Waals surface area contributed by atoms with Gasteiger partial charge in [0, 0.05) is 10.8 Å². The molecule has 0 bridgehead atoms. The second-order valence-electron chi connectivity index (χ2n) is 4.23. The molecule has 0 saturated carbocycles. The Morgan fingerprint density at radius 1 is 0.941 bits per heavy atom. The molecule has 3 rings (SSSR count). The number of aryl methyl sites for hydroxylation is 1. The first-order chi connectivity index (χ1) is 8.15. The van der Waals surface area contributed by atoms with Crippen molar-refractivity contribution in [2.24, 2.45) is 0 Å². The predicted molar refractivity (Wildman–Crippen MR) is 68.3 cm³/mol. The van der Waals surface area contributed by atoms with Crippen LogP contribution in [0.4, 0.5) is 0 Å². The lowest BCUT2D eigenvalue weighted by atomic mass is 9.80. The van der Waals surface area contributed by atoms with Crippen LogP contribution in [0.5, 0.6) is 0 Å². The van der Waals surface area contributed by atoms with Gasteiger partial charge in [-0.25, -0.2) is 0 Å². The summed E-state index contributed by atoms with van der Waals surface area (Å²) >= 11 is 0. The first-order valence-electron chi connectivity index (χ1n) is 5.44. The van der Waals surface area contributed by atoms with Gasteiger partial charge in [-0.2, -0.15) is 0 Å². The van der Waals surface area contributed by atoms with Crippen LogP contribution in [-0.2, 0) is 0 Å². The first kappa shape index (κ1) is 10.4. The highest BCUT2D eigenvalue weighted by molar-refractivity contribution is 6.59. The Kier molecular flexibility index (Phi) is 2.21. The Hall–Kier alpha value is -1.78. The maximum atomic E-state index is 9.16. The van der Waals surface area contributed by atoms with E-state index >= 15 is 0 Å². The fourth-order valence-corrected chi connectivity index (χ4v) is 2.06. The van der Waals surface area contributed by atoms with Gasteiger partial charge < -0.3 is 14.5 Å². The molecule has 3 aromatic rings. The summed E-state index contributed by atoms with van der Waals surface area (Å²) in [6.07, 6.45) is 0. The van der Waals surface area contributed by atoms with Crippen LogP contribution in [0.25, 0.3) is 21.9 Å². The van der Waals surface area contributed by atoms with E-state index in [1.807, 2.05) is 25.1 Å². The van der Waals surface area contributed by atoms with Crippen LogP contribution in [0, 0.1) is 6.92 Å². The van der Waals surface area contributed by atoms with Gasteiger partial charge in [-0.05, 0) is 30.1 Å². The topological polar surface area (TPSA) is 53.6 Å². The average molecular weight is 226 g/mol. The second-order valence-corrected chi connectivity index (χ2v) is 4.23. The molecular formula is C13H11BO3. The minimum absolute atomic E-state index is 0.473. The quantitative estimate of drug-likeness (QED) is 0.619. The van der Waals surface area contributed by atoms with Crippen LogP contribution < -0.4 is 5.46 Å². The summed E-state index contributed by atoms with van der Waals surface area (Å²) in [5.41, 5.74) is 3.19. The molecule has 2 aromatic carbocycles. The number of fused-ring (bicyclic) bond motifs is 3. The summed E-state index contributed by atoms with van der Waals surface area (Å²) in [6, 6.07) is 11.1. The lowest BCUT2D eigenvalue weighted by Crippen LogP contribution is -2.29. The van der Waals surface area contributed by atoms with Crippen molar-refractivity contribution in [1.82, 2.24) is 0 Å². The molecule has 0 amide bonds. The third-order valence-electron chi connectivity index (χ3n) is 2.95. The van der Waals surface area contributed by atoms with Crippen molar-refractivity contribution < 1.29 is 14.5 Å². The van der Waals surface area contributed by atoms with Gasteiger partial charge in [-0.1, -0.05) is 24.3 Å². The zero-order chi connectivity index (χ0) is 12.0. The third kappa shape index (κ3) is 1.62. The SMILES string of the molecule is Cc1ccc2c(c1)oc1ccc(B(O)O)cc12. The lowest BCUT2D eigenvalue weighted by Gasteiger charge is -1.98. The van der Waals surface area contributed by atoms with Crippen LogP contribution in [0.3, 0.4) is 0 Å². The summed E-state index contributed by atoms with van der Waals surface area (Å²) in [5.74, 6) is 0. The molecule has 3 nitrogen and oxygen atoms in total. The summed E-state index contributed by atoms with van der Waals surface area (Å²) in [6.45, 7) is 2.01. The highest BCUT2D eigenvalue weighted by atomic mass is 16.4. The Balaban J connectivity index is 2.37. The molecule has 0 saturated heterocycles. The highest BCUT2D eigenvalue weighted by Gasteiger charge is 2.14. The van der Waals surface area contributed by atoms with Crippen molar-refractivity contribution in [2.45, 2.75) is 6.92 Å². The van der Waals surface area contributed by atoms with E-state index in [2.05, 4.69) is 0 Å². The van der Waals surface area contributed by atoms with E-state index in [1.165, 1.54) is 0 Å². The van der Waals surface area contributed by atoms with E-state index in [0.29, 0.717) is 5.46 Å². The molecule has 0 spiro atoms. The van der Waals surface area contributed by atoms with Crippen LogP contribution in [0.15, 0.2) is 40.8 Å². The molecule has 0 radical (unpaired) electrons. The molecule has 1 aromatic heterocycles. The van der Waals surface area contributed by atoms with Crippen molar-refractivity contribution in [1.29, 1.82) is 0 Å². The Morgan fingerprint density at radius 2 is 1.76 bits per heavy atom. The van der Waals surface area contributed by atoms with E-state index in [-0.39, 0.29) is 0 Å². The summed E-state index contributed by atoms with van der Waals surface area (Å²) in [4.78, 5) is 0. The summed E-state index contributed by atoms with van der Waals surface area (Å²) < 4.78 is 5.70. The molecule has 0 aliphatic rings. The van der Waals surface area contributed by atoms with Gasteiger partial charge in [0.05, 0.1) is 0 Å². The molecule has 0 unspecified atom stereocenters. The van der Waals surface area contributed by atoms with Crippen LogP contribution in [0.1, 0.15) is 5.56 Å². The van der Waals surface area contributed by atoms with E-state index in [0.717, 1.165) is 27.5 Å². The monoisotopic (exact) mass is 226 g/mol. The highest BCUT2D eigenvalue weighted by Crippen LogP contribution is 2.28. The maximum Gasteiger partial charge on any atom is 0.488 e. The van der Waals surface area contributed by atoms with Crippen molar-refractivity contribution in [2.75, 3.05) is 0 Å². The fourth-order valence-electron chi connectivity index (χ4n) is 2.06. The second kappa shape index (κ2) is 3.62. The third-order valence-corrected chi connectivity index (χ3v) is 2.95. The zero-order valence-corrected chi connectivity index (χ0v) is 9.34. The van der Waals surface area contributed by atoms with Gasteiger partial charge in [0.2, 0.25) is 0 Å². The Bertz CT molecular complexity index is 700. The van der Waals surface area contributed by atoms with Gasteiger partial charge >= 0.3 is 7.12 Å². The van der Waals surface area contributed by atoms with Gasteiger partial charge in [0.15, 0.2) is 0 Å². The Labute approximate surface area is 98.4 Å². The van der Waals surface area contributed by atoms with E-state index in [9.17, 15) is 0 Å². The van der Waals surface area contributed by atoms with Crippen molar-refractivity contribution >= 4 is 34.5 Å². The number of benzene rings is 2. The first-order valence-corrected chi connectivity index (χ1v) is 5.44. The van der Waals surface area contributed by atoms with Gasteiger partial charge in [-0.15, -0.1) is 0 Å². The van der Waals surface area contributed by atoms with E-state index in [4.69, 9.17) is 14.5 Å². The molecule has 84 valence electrons. The van der Waals surface area contributed by atoms with Crippen molar-refractivity contribution in [3.05, 3.63) is 42.0 Å². The smallest absolute Gasteiger partial charge is 0.456 e. The normalized spacial score (nSPS) is 11.2. The van der Waals surface area contributed by atoms with Crippen LogP contribution in [0.2, 0.25) is 0 Å². The molecule has 1 heterocycles.